The number of rotatable bonds is 7. The summed E-state index contributed by atoms with van der Waals surface area (Å²) in [6.07, 6.45) is 2.14. The predicted octanol–water partition coefficient (Wildman–Crippen LogP) is 6.37. The van der Waals surface area contributed by atoms with Crippen LogP contribution in [0.2, 0.25) is 5.02 Å². The average molecular weight is 524 g/mol. The van der Waals surface area contributed by atoms with Gasteiger partial charge in [-0.1, -0.05) is 78.3 Å². The van der Waals surface area contributed by atoms with E-state index in [0.717, 1.165) is 28.1 Å². The van der Waals surface area contributed by atoms with Gasteiger partial charge < -0.3 is 0 Å². The van der Waals surface area contributed by atoms with Gasteiger partial charge >= 0.3 is 0 Å². The van der Waals surface area contributed by atoms with Gasteiger partial charge in [-0.3, -0.25) is 19.9 Å². The number of nitrogens with one attached hydrogen (secondary N) is 1. The molecule has 8 nitrogen and oxygen atoms in total. The second kappa shape index (κ2) is 11.1. The molecular weight excluding hydrogens is 502 g/mol. The van der Waals surface area contributed by atoms with Crippen molar-refractivity contribution in [2.75, 3.05) is 5.01 Å². The van der Waals surface area contributed by atoms with E-state index in [4.69, 9.17) is 16.7 Å². The van der Waals surface area contributed by atoms with E-state index in [0.29, 0.717) is 17.0 Å². The van der Waals surface area contributed by atoms with Gasteiger partial charge in [-0.15, -0.1) is 0 Å². The number of nitrogens with zero attached hydrogens (tertiary/aromatic N) is 4. The molecule has 1 unspecified atom stereocenters. The molecule has 188 valence electrons. The lowest BCUT2D eigenvalue weighted by atomic mass is 9.98. The number of halogens is 1. The summed E-state index contributed by atoms with van der Waals surface area (Å²) in [5, 5.41) is 22.6. The normalized spacial score (nSPS) is 14.9. The third-order valence-electron chi connectivity index (χ3n) is 6.14. The summed E-state index contributed by atoms with van der Waals surface area (Å²) < 4.78 is 0. The number of hydrazone groups is 2. The van der Waals surface area contributed by atoms with Gasteiger partial charge in [-0.05, 0) is 41.0 Å². The minimum atomic E-state index is -0.400. The first-order valence-corrected chi connectivity index (χ1v) is 12.2. The number of nitro groups is 1. The summed E-state index contributed by atoms with van der Waals surface area (Å²) in [6, 6.07) is 30.6. The van der Waals surface area contributed by atoms with Crippen LogP contribution >= 0.6 is 11.6 Å². The molecule has 1 N–H and O–H groups in total. The fourth-order valence-electron chi connectivity index (χ4n) is 4.24. The molecule has 0 bridgehead atoms. The van der Waals surface area contributed by atoms with Gasteiger partial charge in [0.05, 0.1) is 39.2 Å². The molecule has 1 aliphatic heterocycles. The highest BCUT2D eigenvalue weighted by Gasteiger charge is 2.30. The lowest BCUT2D eigenvalue weighted by Crippen LogP contribution is -2.19. The van der Waals surface area contributed by atoms with Crippen LogP contribution in [0.5, 0.6) is 0 Å². The first kappa shape index (κ1) is 24.9. The highest BCUT2D eigenvalue weighted by atomic mass is 35.5. The van der Waals surface area contributed by atoms with Crippen molar-refractivity contribution in [1.29, 1.82) is 0 Å². The monoisotopic (exact) mass is 523 g/mol. The quantitative estimate of drug-likeness (QED) is 0.173. The van der Waals surface area contributed by atoms with Crippen LogP contribution in [0, 0.1) is 10.1 Å². The molecular formula is C29H22ClN5O3. The van der Waals surface area contributed by atoms with Crippen molar-refractivity contribution in [3.05, 3.63) is 141 Å². The third kappa shape index (κ3) is 5.45. The summed E-state index contributed by atoms with van der Waals surface area (Å²) in [5.74, 6) is -0.400. The van der Waals surface area contributed by atoms with Crippen LogP contribution < -0.4 is 10.4 Å². The number of carbonyl (C=O) groups excluding carboxylic acids is 1. The van der Waals surface area contributed by atoms with E-state index < -0.39 is 5.91 Å². The van der Waals surface area contributed by atoms with Crippen LogP contribution in [-0.4, -0.2) is 22.8 Å². The molecule has 0 aromatic heterocycles. The molecule has 4 aromatic carbocycles. The van der Waals surface area contributed by atoms with Crippen molar-refractivity contribution in [2.24, 2.45) is 10.2 Å². The van der Waals surface area contributed by atoms with Crippen LogP contribution in [0.4, 0.5) is 11.4 Å². The maximum absolute atomic E-state index is 12.3. The van der Waals surface area contributed by atoms with E-state index in [2.05, 4.69) is 10.5 Å². The Morgan fingerprint density at radius 1 is 1.00 bits per heavy atom. The van der Waals surface area contributed by atoms with Gasteiger partial charge in [0.2, 0.25) is 0 Å². The van der Waals surface area contributed by atoms with Gasteiger partial charge in [0.15, 0.2) is 0 Å². The van der Waals surface area contributed by atoms with Crippen LogP contribution in [0.15, 0.2) is 113 Å². The highest BCUT2D eigenvalue weighted by molar-refractivity contribution is 6.33. The Labute approximate surface area is 224 Å². The van der Waals surface area contributed by atoms with Gasteiger partial charge in [0.1, 0.15) is 0 Å². The van der Waals surface area contributed by atoms with E-state index in [1.54, 1.807) is 42.6 Å². The Hall–Kier alpha value is -4.82. The Kier molecular flexibility index (Phi) is 7.24. The molecule has 0 radical (unpaired) electrons. The van der Waals surface area contributed by atoms with E-state index in [1.165, 1.54) is 6.07 Å². The van der Waals surface area contributed by atoms with Crippen LogP contribution in [0.1, 0.15) is 39.5 Å². The summed E-state index contributed by atoms with van der Waals surface area (Å²) in [7, 11) is 0. The third-order valence-corrected chi connectivity index (χ3v) is 6.47. The fraction of sp³-hybridized carbons (Fsp3) is 0.0690. The first-order chi connectivity index (χ1) is 18.5. The summed E-state index contributed by atoms with van der Waals surface area (Å²) in [6.45, 7) is 0. The fourth-order valence-corrected chi connectivity index (χ4v) is 4.46. The van der Waals surface area contributed by atoms with Crippen molar-refractivity contribution < 1.29 is 9.72 Å². The van der Waals surface area contributed by atoms with Crippen LogP contribution in [-0.2, 0) is 0 Å². The number of carbonyl (C=O) groups is 1. The SMILES string of the molecule is O=C(NN=Cc1ccc(N2N=C(c3ccccc3)CC2c2cccc([N+](=O)[O-])c2)cc1)c1ccccc1Cl. The molecule has 0 fully saturated rings. The zero-order chi connectivity index (χ0) is 26.5. The smallest absolute Gasteiger partial charge is 0.267 e. The van der Waals surface area contributed by atoms with Crippen LogP contribution in [0.3, 0.4) is 0 Å². The molecule has 5 rings (SSSR count). The molecule has 1 atom stereocenters. The number of nitro benzene ring substituents is 1. The van der Waals surface area contributed by atoms with Gasteiger partial charge in [0.25, 0.3) is 11.6 Å². The number of amides is 1. The Balaban J connectivity index is 1.38. The van der Waals surface area contributed by atoms with E-state index in [9.17, 15) is 14.9 Å². The molecule has 9 heteroatoms. The van der Waals surface area contributed by atoms with Crippen LogP contribution in [0.25, 0.3) is 0 Å². The van der Waals surface area contributed by atoms with E-state index in [1.807, 2.05) is 65.7 Å². The molecule has 1 heterocycles. The molecule has 38 heavy (non-hydrogen) atoms. The van der Waals surface area contributed by atoms with Crippen molar-refractivity contribution in [3.63, 3.8) is 0 Å². The second-order valence-corrected chi connectivity index (χ2v) is 9.01. The molecule has 1 amide bonds. The minimum Gasteiger partial charge on any atom is -0.267 e. The molecule has 0 saturated heterocycles. The molecule has 0 spiro atoms. The minimum absolute atomic E-state index is 0.0426. The van der Waals surface area contributed by atoms with E-state index in [-0.39, 0.29) is 16.7 Å². The number of benzene rings is 4. The molecule has 0 saturated carbocycles. The van der Waals surface area contributed by atoms with Gasteiger partial charge in [-0.25, -0.2) is 5.43 Å². The Bertz CT molecular complexity index is 1540. The Morgan fingerprint density at radius 2 is 1.74 bits per heavy atom. The number of hydrogen-bond acceptors (Lipinski definition) is 6. The number of hydrogen-bond donors (Lipinski definition) is 1. The summed E-state index contributed by atoms with van der Waals surface area (Å²) in [5.41, 5.74) is 7.17. The average Bonchev–Trinajstić information content (AvgIpc) is 3.40. The van der Waals surface area contributed by atoms with Gasteiger partial charge in [0, 0.05) is 18.6 Å². The van der Waals surface area contributed by atoms with Crippen molar-refractivity contribution in [2.45, 2.75) is 12.5 Å². The van der Waals surface area contributed by atoms with Crippen molar-refractivity contribution >= 4 is 40.8 Å². The van der Waals surface area contributed by atoms with Crippen molar-refractivity contribution in [1.82, 2.24) is 5.43 Å². The first-order valence-electron chi connectivity index (χ1n) is 11.8. The summed E-state index contributed by atoms with van der Waals surface area (Å²) in [4.78, 5) is 23.3. The van der Waals surface area contributed by atoms with Gasteiger partial charge in [-0.2, -0.15) is 10.2 Å². The zero-order valence-electron chi connectivity index (χ0n) is 20.1. The molecule has 1 aliphatic rings. The number of non-ortho nitro benzene ring substituents is 1. The molecule has 4 aromatic rings. The molecule has 0 aliphatic carbocycles. The topological polar surface area (TPSA) is 100 Å². The van der Waals surface area contributed by atoms with E-state index >= 15 is 0 Å². The number of anilines is 1. The lowest BCUT2D eigenvalue weighted by molar-refractivity contribution is -0.384. The lowest BCUT2D eigenvalue weighted by Gasteiger charge is -2.24. The maximum Gasteiger partial charge on any atom is 0.272 e. The van der Waals surface area contributed by atoms with Crippen molar-refractivity contribution in [3.8, 4) is 0 Å². The Morgan fingerprint density at radius 3 is 2.47 bits per heavy atom. The second-order valence-electron chi connectivity index (χ2n) is 8.60. The standard InChI is InChI=1S/C29H22ClN5O3/c30-26-12-5-4-11-25(26)29(36)32-31-19-20-13-15-23(16-14-20)34-28(22-9-6-10-24(17-22)35(37)38)18-27(33-34)21-7-2-1-3-8-21/h1-17,19,28H,18H2,(H,32,36). The zero-order valence-corrected chi connectivity index (χ0v) is 20.8. The highest BCUT2D eigenvalue weighted by Crippen LogP contribution is 2.37. The summed E-state index contributed by atoms with van der Waals surface area (Å²) >= 11 is 6.06. The largest absolute Gasteiger partial charge is 0.272 e. The predicted molar refractivity (Wildman–Crippen MR) is 149 cm³/mol. The maximum atomic E-state index is 12.3.